The van der Waals surface area contributed by atoms with E-state index in [9.17, 15) is 4.79 Å². The first-order valence-corrected chi connectivity index (χ1v) is 32.3. The van der Waals surface area contributed by atoms with Crippen LogP contribution in [-0.4, -0.2) is 51.1 Å². The van der Waals surface area contributed by atoms with E-state index in [2.05, 4.69) is 114 Å². The van der Waals surface area contributed by atoms with Gasteiger partial charge in [-0.05, 0) is 86.2 Å². The summed E-state index contributed by atoms with van der Waals surface area (Å²) in [5, 5.41) is 0. The first-order valence-electron chi connectivity index (χ1n) is 29.1. The van der Waals surface area contributed by atoms with Crippen LogP contribution in [0, 0.1) is 23.7 Å². The van der Waals surface area contributed by atoms with Crippen molar-refractivity contribution in [3.05, 3.63) is 44.1 Å². The Morgan fingerprint density at radius 1 is 0.493 bits per heavy atom. The van der Waals surface area contributed by atoms with Crippen LogP contribution >= 0.6 is 45.3 Å². The van der Waals surface area contributed by atoms with Gasteiger partial charge in [-0.1, -0.05) is 180 Å². The van der Waals surface area contributed by atoms with E-state index in [0.29, 0.717) is 62.9 Å². The van der Waals surface area contributed by atoms with Gasteiger partial charge in [0.15, 0.2) is 0 Å². The van der Waals surface area contributed by atoms with Crippen LogP contribution in [0.25, 0.3) is 39.9 Å². The highest BCUT2D eigenvalue weighted by molar-refractivity contribution is 7.32. The molecule has 5 aromatic rings. The van der Waals surface area contributed by atoms with Gasteiger partial charge in [-0.15, -0.1) is 45.3 Å². The summed E-state index contributed by atoms with van der Waals surface area (Å²) in [5.41, 5.74) is 3.86. The number of aromatic nitrogens is 1. The average Bonchev–Trinajstić information content (AvgIpc) is 4.25. The van der Waals surface area contributed by atoms with E-state index in [1.54, 1.807) is 11.3 Å². The lowest BCUT2D eigenvalue weighted by atomic mass is 9.77. The summed E-state index contributed by atoms with van der Waals surface area (Å²) in [6, 6.07) is 4.86. The van der Waals surface area contributed by atoms with Crippen LogP contribution in [0.5, 0.6) is 0 Å². The van der Waals surface area contributed by atoms with Gasteiger partial charge in [0.2, 0.25) is 0 Å². The van der Waals surface area contributed by atoms with Crippen molar-refractivity contribution in [1.29, 1.82) is 0 Å². The van der Waals surface area contributed by atoms with Crippen LogP contribution in [0.3, 0.4) is 0 Å². The average molecular weight is 1070 g/mol. The second-order valence-electron chi connectivity index (χ2n) is 23.4. The van der Waals surface area contributed by atoms with Crippen molar-refractivity contribution >= 4 is 89.4 Å². The predicted octanol–water partition coefficient (Wildman–Crippen LogP) is 19.7. The highest BCUT2D eigenvalue weighted by Crippen LogP contribution is 2.57. The third kappa shape index (κ3) is 11.2. The summed E-state index contributed by atoms with van der Waals surface area (Å²) in [5.74, 6) is 1.06. The summed E-state index contributed by atoms with van der Waals surface area (Å²) < 4.78 is 5.33. The standard InChI is InChI=1S/C62H91N3O4S4/c1-15-24-28-39(19-5)34-62(14,35-40(20-6)29-25-16-2)65-43-32-45(38(10)11)70-51(43)52-44(65)33-46(71-52)53-47-48(58(67)63(57(47)66)36-41(21-7)30-26-17-3)54(72-53)55-49-50(56(73-55)61(12,13)23-9)60(69)64(59(49)68)37-42(22-8)31-27-18-4/h32-33,38-42H,15-31,34-37H2,1-14H3. The second kappa shape index (κ2) is 24.5. The molecule has 4 amide bonds. The fourth-order valence-electron chi connectivity index (χ4n) is 12.2. The first kappa shape index (κ1) is 57.6. The molecule has 0 radical (unpaired) electrons. The third-order valence-electron chi connectivity index (χ3n) is 17.3. The minimum absolute atomic E-state index is 0.151. The Bertz CT molecular complexity index is 2720. The van der Waals surface area contributed by atoms with E-state index in [-0.39, 0.29) is 41.0 Å². The van der Waals surface area contributed by atoms with Gasteiger partial charge in [0.1, 0.15) is 0 Å². The minimum Gasteiger partial charge on any atom is -0.333 e. The summed E-state index contributed by atoms with van der Waals surface area (Å²) >= 11 is 6.72. The Balaban J connectivity index is 1.49. The monoisotopic (exact) mass is 1070 g/mol. The van der Waals surface area contributed by atoms with Crippen molar-refractivity contribution in [1.82, 2.24) is 14.4 Å². The number of amides is 4. The number of carbonyl (C=O) groups excluding carboxylic acids is 4. The Labute approximate surface area is 456 Å². The van der Waals surface area contributed by atoms with Crippen molar-refractivity contribution in [3.8, 4) is 19.5 Å². The number of rotatable bonds is 30. The maximum atomic E-state index is 15.4. The van der Waals surface area contributed by atoms with E-state index >= 15 is 14.4 Å². The molecule has 11 heteroatoms. The molecular formula is C62H91N3O4S4. The summed E-state index contributed by atoms with van der Waals surface area (Å²) in [6.07, 6.45) is 20.6. The zero-order valence-electron chi connectivity index (χ0n) is 47.5. The van der Waals surface area contributed by atoms with E-state index in [0.717, 1.165) is 98.1 Å². The Morgan fingerprint density at radius 3 is 1.36 bits per heavy atom. The fraction of sp³-hybridized carbons (Fsp3) is 0.677. The zero-order valence-corrected chi connectivity index (χ0v) is 50.8. The summed E-state index contributed by atoms with van der Waals surface area (Å²) in [6.45, 7) is 32.5. The van der Waals surface area contributed by atoms with Crippen molar-refractivity contribution in [2.75, 3.05) is 13.1 Å². The molecule has 402 valence electrons. The van der Waals surface area contributed by atoms with Gasteiger partial charge in [0.05, 0.1) is 57.3 Å². The van der Waals surface area contributed by atoms with Gasteiger partial charge in [-0.2, -0.15) is 0 Å². The van der Waals surface area contributed by atoms with Gasteiger partial charge in [0.25, 0.3) is 23.6 Å². The van der Waals surface area contributed by atoms with Crippen LogP contribution in [0.2, 0.25) is 0 Å². The number of imide groups is 2. The van der Waals surface area contributed by atoms with Crippen LogP contribution in [-0.2, 0) is 11.0 Å². The number of hydrogen-bond donors (Lipinski definition) is 0. The third-order valence-corrected chi connectivity index (χ3v) is 23.1. The molecular weight excluding hydrogens is 979 g/mol. The van der Waals surface area contributed by atoms with Crippen molar-refractivity contribution in [3.63, 3.8) is 0 Å². The lowest BCUT2D eigenvalue weighted by Gasteiger charge is -2.39. The first-order chi connectivity index (χ1) is 34.9. The summed E-state index contributed by atoms with van der Waals surface area (Å²) in [4.78, 5) is 69.1. The minimum atomic E-state index is -0.396. The highest BCUT2D eigenvalue weighted by atomic mass is 32.1. The number of hydrogen-bond acceptors (Lipinski definition) is 8. The second-order valence-corrected chi connectivity index (χ2v) is 27.6. The quantitative estimate of drug-likeness (QED) is 0.0429. The lowest BCUT2D eigenvalue weighted by Crippen LogP contribution is -2.35. The number of thiophene rings is 4. The number of nitrogens with zero attached hydrogens (tertiary/aromatic N) is 3. The molecule has 0 saturated carbocycles. The Kier molecular flexibility index (Phi) is 19.3. The molecule has 0 bridgehead atoms. The van der Waals surface area contributed by atoms with E-state index in [1.165, 1.54) is 96.3 Å². The van der Waals surface area contributed by atoms with Crippen LogP contribution in [0.4, 0.5) is 0 Å². The fourth-order valence-corrected chi connectivity index (χ4v) is 17.6. The molecule has 2 aliphatic rings. The van der Waals surface area contributed by atoms with E-state index in [4.69, 9.17) is 0 Å². The molecule has 0 aliphatic carbocycles. The largest absolute Gasteiger partial charge is 0.333 e. The molecule has 5 aromatic heterocycles. The topological polar surface area (TPSA) is 79.7 Å². The van der Waals surface area contributed by atoms with E-state index < -0.39 is 5.41 Å². The van der Waals surface area contributed by atoms with Gasteiger partial charge in [-0.25, -0.2) is 0 Å². The maximum absolute atomic E-state index is 15.4. The van der Waals surface area contributed by atoms with E-state index in [1.807, 2.05) is 11.3 Å². The molecule has 7 nitrogen and oxygen atoms in total. The number of unbranched alkanes of at least 4 members (excludes halogenated alkanes) is 4. The van der Waals surface area contributed by atoms with Gasteiger partial charge >= 0.3 is 0 Å². The number of carbonyl (C=O) groups is 4. The van der Waals surface area contributed by atoms with Gasteiger partial charge in [-0.3, -0.25) is 29.0 Å². The maximum Gasteiger partial charge on any atom is 0.263 e. The molecule has 0 aromatic carbocycles. The SMILES string of the molecule is CCCCC(CC)CN1C(=O)c2c(-c3cc4c(s3)c3sc(C(C)C)cc3n4C(C)(CC(CC)CCCC)CC(CC)CCCC)sc(-c3sc(C(C)(C)CC)c4c3C(=O)N(CC(CC)CCCC)C4=O)c2C1=O. The molecule has 0 saturated heterocycles. The molecule has 73 heavy (non-hydrogen) atoms. The Morgan fingerprint density at radius 2 is 0.904 bits per heavy atom. The highest BCUT2D eigenvalue weighted by Gasteiger charge is 2.49. The molecule has 4 unspecified atom stereocenters. The normalized spacial score (nSPS) is 16.8. The van der Waals surface area contributed by atoms with Gasteiger partial charge in [0, 0.05) is 33.3 Å². The van der Waals surface area contributed by atoms with Crippen molar-refractivity contribution in [2.45, 2.75) is 236 Å². The van der Waals surface area contributed by atoms with Crippen molar-refractivity contribution in [2.24, 2.45) is 23.7 Å². The molecule has 7 heterocycles. The van der Waals surface area contributed by atoms with Crippen LogP contribution in [0.15, 0.2) is 12.1 Å². The molecule has 0 N–H and O–H groups in total. The zero-order chi connectivity index (χ0) is 53.1. The van der Waals surface area contributed by atoms with Crippen molar-refractivity contribution < 1.29 is 19.2 Å². The molecule has 2 aliphatic heterocycles. The van der Waals surface area contributed by atoms with Crippen LogP contribution < -0.4 is 0 Å². The van der Waals surface area contributed by atoms with Crippen LogP contribution in [0.1, 0.15) is 276 Å². The lowest BCUT2D eigenvalue weighted by molar-refractivity contribution is 0.0608. The Hall–Kier alpha value is -3.12. The predicted molar refractivity (Wildman–Crippen MR) is 316 cm³/mol. The van der Waals surface area contributed by atoms with Gasteiger partial charge < -0.3 is 4.57 Å². The number of fused-ring (bicyclic) bond motifs is 5. The summed E-state index contributed by atoms with van der Waals surface area (Å²) in [7, 11) is 0. The molecule has 0 spiro atoms. The molecule has 0 fully saturated rings. The molecule has 7 rings (SSSR count). The molecule has 4 atom stereocenters. The smallest absolute Gasteiger partial charge is 0.263 e.